The second-order valence-electron chi connectivity index (χ2n) is 4.72. The number of anilines is 2. The summed E-state index contributed by atoms with van der Waals surface area (Å²) in [4.78, 5) is 2.39. The van der Waals surface area contributed by atoms with Crippen molar-refractivity contribution in [2.75, 3.05) is 30.7 Å². The number of hydrogen-bond acceptors (Lipinski definition) is 4. The molecule has 1 atom stereocenters. The van der Waals surface area contributed by atoms with Gasteiger partial charge in [-0.05, 0) is 26.4 Å². The molecule has 0 bridgehead atoms. The van der Waals surface area contributed by atoms with Gasteiger partial charge in [0.25, 0.3) is 0 Å². The van der Waals surface area contributed by atoms with E-state index in [-0.39, 0.29) is 0 Å². The Morgan fingerprint density at radius 1 is 1.33 bits per heavy atom. The van der Waals surface area contributed by atoms with Crippen LogP contribution in [0.3, 0.4) is 0 Å². The third kappa shape index (κ3) is 3.38. The topological polar surface area (TPSA) is 59.1 Å². The average molecular weight is 253 g/mol. The van der Waals surface area contributed by atoms with Crippen LogP contribution >= 0.6 is 0 Å². The molecule has 1 aromatic rings. The van der Waals surface area contributed by atoms with Crippen LogP contribution in [0, 0.1) is 0 Å². The lowest BCUT2D eigenvalue weighted by Gasteiger charge is -2.24. The summed E-state index contributed by atoms with van der Waals surface area (Å²) in [5, 5.41) is 7.88. The summed E-state index contributed by atoms with van der Waals surface area (Å²) >= 11 is 0. The molecule has 0 aliphatic heterocycles. The Balaban J connectivity index is 2.69. The van der Waals surface area contributed by atoms with Crippen molar-refractivity contribution in [2.45, 2.75) is 40.2 Å². The second kappa shape index (κ2) is 6.64. The van der Waals surface area contributed by atoms with Crippen LogP contribution in [0.5, 0.6) is 0 Å². The highest BCUT2D eigenvalue weighted by Gasteiger charge is 2.14. The van der Waals surface area contributed by atoms with Crippen molar-refractivity contribution in [1.29, 1.82) is 0 Å². The normalized spacial score (nSPS) is 13.0. The number of nitrogen functional groups attached to an aromatic ring is 1. The highest BCUT2D eigenvalue weighted by molar-refractivity contribution is 5.65. The summed E-state index contributed by atoms with van der Waals surface area (Å²) in [5.41, 5.74) is 7.85. The van der Waals surface area contributed by atoms with Crippen LogP contribution in [0.2, 0.25) is 0 Å². The van der Waals surface area contributed by atoms with Crippen molar-refractivity contribution in [1.82, 2.24) is 14.7 Å². The molecule has 0 spiro atoms. The van der Waals surface area contributed by atoms with Crippen LogP contribution in [0.4, 0.5) is 11.5 Å². The van der Waals surface area contributed by atoms with Gasteiger partial charge in [0.2, 0.25) is 0 Å². The van der Waals surface area contributed by atoms with E-state index in [0.29, 0.717) is 6.04 Å². The van der Waals surface area contributed by atoms with Crippen LogP contribution in [-0.4, -0.2) is 40.4 Å². The van der Waals surface area contributed by atoms with Crippen molar-refractivity contribution in [3.63, 3.8) is 0 Å². The number of rotatable bonds is 7. The molecular formula is C13H27N5. The van der Waals surface area contributed by atoms with Crippen LogP contribution in [0.25, 0.3) is 0 Å². The smallest absolute Gasteiger partial charge is 0.148 e. The number of nitrogens with zero attached hydrogens (tertiary/aromatic N) is 3. The van der Waals surface area contributed by atoms with Crippen molar-refractivity contribution in [2.24, 2.45) is 7.05 Å². The van der Waals surface area contributed by atoms with Crippen LogP contribution in [0.1, 0.15) is 33.4 Å². The third-order valence-corrected chi connectivity index (χ3v) is 3.30. The lowest BCUT2D eigenvalue weighted by molar-refractivity contribution is 0.294. The summed E-state index contributed by atoms with van der Waals surface area (Å²) in [6, 6.07) is 0.354. The fraction of sp³-hybridized carbons (Fsp3) is 0.769. The Morgan fingerprint density at radius 2 is 1.94 bits per heavy atom. The lowest BCUT2D eigenvalue weighted by Crippen LogP contribution is -2.35. The van der Waals surface area contributed by atoms with E-state index < -0.39 is 0 Å². The van der Waals surface area contributed by atoms with E-state index >= 15 is 0 Å². The molecule has 0 fully saturated rings. The molecule has 0 amide bonds. The zero-order chi connectivity index (χ0) is 13.7. The summed E-state index contributed by atoms with van der Waals surface area (Å²) < 4.78 is 1.84. The monoisotopic (exact) mass is 253 g/mol. The molecule has 1 heterocycles. The molecule has 0 radical (unpaired) electrons. The second-order valence-corrected chi connectivity index (χ2v) is 4.72. The fourth-order valence-corrected chi connectivity index (χ4v) is 2.18. The van der Waals surface area contributed by atoms with Crippen molar-refractivity contribution >= 4 is 11.5 Å². The molecule has 3 N–H and O–H groups in total. The molecular weight excluding hydrogens is 226 g/mol. The number of nitrogens with two attached hydrogens (primary N) is 1. The average Bonchev–Trinajstić information content (AvgIpc) is 2.63. The van der Waals surface area contributed by atoms with E-state index in [1.165, 1.54) is 0 Å². The molecule has 1 aromatic heterocycles. The molecule has 0 saturated carbocycles. The standard InChI is InChI=1S/C13H27N5/c1-6-11-12(14)13(17(5)16-11)15-10(4)9-18(7-2)8-3/h10,15H,6-9,14H2,1-5H3. The molecule has 1 unspecified atom stereocenters. The first-order valence-electron chi connectivity index (χ1n) is 6.83. The quantitative estimate of drug-likeness (QED) is 0.776. The highest BCUT2D eigenvalue weighted by atomic mass is 15.3. The first kappa shape index (κ1) is 14.8. The predicted molar refractivity (Wildman–Crippen MR) is 77.9 cm³/mol. The van der Waals surface area contributed by atoms with Gasteiger partial charge in [0.1, 0.15) is 5.82 Å². The summed E-state index contributed by atoms with van der Waals surface area (Å²) in [6.45, 7) is 11.8. The number of hydrogen-bond donors (Lipinski definition) is 2. The fourth-order valence-electron chi connectivity index (χ4n) is 2.18. The summed E-state index contributed by atoms with van der Waals surface area (Å²) in [6.07, 6.45) is 0.867. The van der Waals surface area contributed by atoms with Crippen molar-refractivity contribution < 1.29 is 0 Å². The SMILES string of the molecule is CCc1nn(C)c(NC(C)CN(CC)CC)c1N. The molecule has 104 valence electrons. The maximum absolute atomic E-state index is 6.10. The van der Waals surface area contributed by atoms with E-state index in [1.807, 2.05) is 11.7 Å². The Kier molecular flexibility index (Phi) is 5.47. The van der Waals surface area contributed by atoms with Gasteiger partial charge < -0.3 is 16.0 Å². The first-order chi connectivity index (χ1) is 8.53. The maximum atomic E-state index is 6.10. The number of likely N-dealkylation sites (N-methyl/N-ethyl adjacent to an activating group) is 1. The van der Waals surface area contributed by atoms with Crippen molar-refractivity contribution in [3.8, 4) is 0 Å². The lowest BCUT2D eigenvalue weighted by atomic mass is 10.2. The molecule has 0 aliphatic rings. The highest BCUT2D eigenvalue weighted by Crippen LogP contribution is 2.22. The predicted octanol–water partition coefficient (Wildman–Crippen LogP) is 1.71. The Morgan fingerprint density at radius 3 is 2.39 bits per heavy atom. The third-order valence-electron chi connectivity index (χ3n) is 3.30. The minimum Gasteiger partial charge on any atom is -0.394 e. The number of aryl methyl sites for hydroxylation is 2. The number of nitrogens with one attached hydrogen (secondary N) is 1. The maximum Gasteiger partial charge on any atom is 0.148 e. The minimum absolute atomic E-state index is 0.354. The summed E-state index contributed by atoms with van der Waals surface area (Å²) in [7, 11) is 1.93. The van der Waals surface area contributed by atoms with E-state index in [1.54, 1.807) is 0 Å². The Labute approximate surface area is 110 Å². The number of aromatic nitrogens is 2. The van der Waals surface area contributed by atoms with E-state index in [9.17, 15) is 0 Å². The Hall–Kier alpha value is -1.23. The van der Waals surface area contributed by atoms with E-state index in [0.717, 1.165) is 43.3 Å². The van der Waals surface area contributed by atoms with E-state index in [4.69, 9.17) is 5.73 Å². The largest absolute Gasteiger partial charge is 0.394 e. The zero-order valence-corrected chi connectivity index (χ0v) is 12.3. The van der Waals surface area contributed by atoms with Gasteiger partial charge in [-0.2, -0.15) is 5.10 Å². The molecule has 0 aliphatic carbocycles. The van der Waals surface area contributed by atoms with E-state index in [2.05, 4.69) is 43.0 Å². The summed E-state index contributed by atoms with van der Waals surface area (Å²) in [5.74, 6) is 0.937. The van der Waals surface area contributed by atoms with Gasteiger partial charge in [-0.15, -0.1) is 0 Å². The van der Waals surface area contributed by atoms with Crippen LogP contribution in [-0.2, 0) is 13.5 Å². The molecule has 1 rings (SSSR count). The van der Waals surface area contributed by atoms with Gasteiger partial charge in [0, 0.05) is 19.6 Å². The van der Waals surface area contributed by atoms with Gasteiger partial charge in [-0.25, -0.2) is 0 Å². The van der Waals surface area contributed by atoms with Crippen LogP contribution < -0.4 is 11.1 Å². The van der Waals surface area contributed by atoms with Crippen molar-refractivity contribution in [3.05, 3.63) is 5.69 Å². The first-order valence-corrected chi connectivity index (χ1v) is 6.83. The minimum atomic E-state index is 0.354. The van der Waals surface area contributed by atoms with Gasteiger partial charge in [0.15, 0.2) is 0 Å². The van der Waals surface area contributed by atoms with Gasteiger partial charge in [0.05, 0.1) is 11.4 Å². The molecule has 5 nitrogen and oxygen atoms in total. The van der Waals surface area contributed by atoms with Gasteiger partial charge in [-0.3, -0.25) is 4.68 Å². The van der Waals surface area contributed by atoms with Crippen LogP contribution in [0.15, 0.2) is 0 Å². The van der Waals surface area contributed by atoms with Gasteiger partial charge in [-0.1, -0.05) is 20.8 Å². The zero-order valence-electron chi connectivity index (χ0n) is 12.3. The molecule has 0 aromatic carbocycles. The molecule has 5 heteroatoms. The molecule has 0 saturated heterocycles. The van der Waals surface area contributed by atoms with Gasteiger partial charge >= 0.3 is 0 Å². The molecule has 18 heavy (non-hydrogen) atoms. The Bertz CT molecular complexity index is 368.